The Morgan fingerprint density at radius 3 is 2.71 bits per heavy atom. The third-order valence-electron chi connectivity index (χ3n) is 2.89. The fourth-order valence-corrected chi connectivity index (χ4v) is 2.54. The Morgan fingerprint density at radius 2 is 2.10 bits per heavy atom. The van der Waals surface area contributed by atoms with Gasteiger partial charge in [-0.3, -0.25) is 9.59 Å². The summed E-state index contributed by atoms with van der Waals surface area (Å²) in [7, 11) is 1.54. The first-order chi connectivity index (χ1) is 10.1. The van der Waals surface area contributed by atoms with E-state index in [2.05, 4.69) is 0 Å². The molecule has 6 heteroatoms. The number of carbonyl (C=O) groups is 2. The minimum Gasteiger partial charge on any atom is -0.497 e. The highest BCUT2D eigenvalue weighted by Gasteiger charge is 2.19. The molecule has 2 rings (SSSR count). The number of aliphatic carboxylic acids is 1. The van der Waals surface area contributed by atoms with Crippen LogP contribution in [-0.4, -0.2) is 30.6 Å². The average molecular weight is 305 g/mol. The van der Waals surface area contributed by atoms with Gasteiger partial charge in [-0.15, -0.1) is 11.3 Å². The number of hydrogen-bond donors (Lipinski definition) is 1. The van der Waals surface area contributed by atoms with E-state index in [4.69, 9.17) is 9.84 Å². The molecular weight excluding hydrogens is 290 g/mol. The average Bonchev–Trinajstić information content (AvgIpc) is 3.01. The summed E-state index contributed by atoms with van der Waals surface area (Å²) < 4.78 is 5.15. The highest BCUT2D eigenvalue weighted by atomic mass is 32.1. The molecule has 0 bridgehead atoms. The van der Waals surface area contributed by atoms with Crippen molar-refractivity contribution in [1.82, 2.24) is 0 Å². The number of ether oxygens (including phenoxy) is 1. The summed E-state index contributed by atoms with van der Waals surface area (Å²) in [6, 6.07) is 10.5. The molecule has 5 nitrogen and oxygen atoms in total. The molecule has 0 saturated carbocycles. The Labute approximate surface area is 126 Å². The van der Waals surface area contributed by atoms with Crippen LogP contribution >= 0.6 is 11.3 Å². The highest BCUT2D eigenvalue weighted by molar-refractivity contribution is 7.12. The van der Waals surface area contributed by atoms with Crippen LogP contribution in [0, 0.1) is 0 Å². The zero-order chi connectivity index (χ0) is 15.2. The van der Waals surface area contributed by atoms with E-state index in [1.165, 1.54) is 16.2 Å². The van der Waals surface area contributed by atoms with E-state index in [0.29, 0.717) is 16.3 Å². The smallest absolute Gasteiger partial charge is 0.305 e. The third-order valence-corrected chi connectivity index (χ3v) is 3.75. The van der Waals surface area contributed by atoms with Crippen LogP contribution in [-0.2, 0) is 4.79 Å². The van der Waals surface area contributed by atoms with Gasteiger partial charge in [0, 0.05) is 18.3 Å². The maximum Gasteiger partial charge on any atom is 0.305 e. The van der Waals surface area contributed by atoms with Gasteiger partial charge in [0.1, 0.15) is 5.75 Å². The number of amides is 1. The number of benzene rings is 1. The van der Waals surface area contributed by atoms with Crippen LogP contribution in [0.1, 0.15) is 16.1 Å². The first-order valence-electron chi connectivity index (χ1n) is 6.33. The van der Waals surface area contributed by atoms with Gasteiger partial charge in [0.25, 0.3) is 5.91 Å². The minimum absolute atomic E-state index is 0.110. The van der Waals surface area contributed by atoms with Crippen molar-refractivity contribution in [2.24, 2.45) is 0 Å². The van der Waals surface area contributed by atoms with E-state index < -0.39 is 5.97 Å². The molecule has 1 amide bonds. The second-order valence-corrected chi connectivity index (χ2v) is 5.23. The van der Waals surface area contributed by atoms with Crippen LogP contribution in [0.15, 0.2) is 41.8 Å². The first-order valence-corrected chi connectivity index (χ1v) is 7.21. The van der Waals surface area contributed by atoms with Crippen molar-refractivity contribution in [1.29, 1.82) is 0 Å². The summed E-state index contributed by atoms with van der Waals surface area (Å²) in [6.07, 6.45) is -0.117. The molecule has 0 spiro atoms. The van der Waals surface area contributed by atoms with Crippen LogP contribution in [0.5, 0.6) is 5.75 Å². The minimum atomic E-state index is -0.943. The van der Waals surface area contributed by atoms with Crippen molar-refractivity contribution in [3.05, 3.63) is 46.7 Å². The summed E-state index contributed by atoms with van der Waals surface area (Å²) in [6.45, 7) is 0.110. The summed E-state index contributed by atoms with van der Waals surface area (Å²) in [4.78, 5) is 25.4. The Hall–Kier alpha value is -2.34. The maximum atomic E-state index is 12.5. The molecule has 0 aliphatic rings. The molecule has 21 heavy (non-hydrogen) atoms. The van der Waals surface area contributed by atoms with E-state index in [0.717, 1.165) is 0 Å². The standard InChI is InChI=1S/C15H15NO4S/c1-20-12-5-2-4-11(10-12)16(8-7-14(17)18)15(19)13-6-3-9-21-13/h2-6,9-10H,7-8H2,1H3,(H,17,18). The third kappa shape index (κ3) is 3.82. The van der Waals surface area contributed by atoms with Crippen LogP contribution in [0.25, 0.3) is 0 Å². The lowest BCUT2D eigenvalue weighted by atomic mass is 10.2. The number of nitrogens with zero attached hydrogens (tertiary/aromatic N) is 1. The lowest BCUT2D eigenvalue weighted by molar-refractivity contribution is -0.136. The molecule has 0 saturated heterocycles. The normalized spacial score (nSPS) is 10.1. The van der Waals surface area contributed by atoms with Gasteiger partial charge in [-0.25, -0.2) is 0 Å². The van der Waals surface area contributed by atoms with Crippen LogP contribution in [0.4, 0.5) is 5.69 Å². The summed E-state index contributed by atoms with van der Waals surface area (Å²) in [5, 5.41) is 10.7. The van der Waals surface area contributed by atoms with E-state index in [1.807, 2.05) is 5.38 Å². The van der Waals surface area contributed by atoms with E-state index in [1.54, 1.807) is 43.5 Å². The maximum absolute atomic E-state index is 12.5. The number of anilines is 1. The molecule has 0 radical (unpaired) electrons. The molecule has 1 aromatic heterocycles. The molecule has 0 aliphatic heterocycles. The second-order valence-electron chi connectivity index (χ2n) is 4.28. The number of carboxylic acids is 1. The summed E-state index contributed by atoms with van der Waals surface area (Å²) in [5.41, 5.74) is 0.619. The summed E-state index contributed by atoms with van der Waals surface area (Å²) in [5.74, 6) is -0.534. The monoisotopic (exact) mass is 305 g/mol. The highest BCUT2D eigenvalue weighted by Crippen LogP contribution is 2.24. The number of carboxylic acid groups (broad SMARTS) is 1. The fraction of sp³-hybridized carbons (Fsp3) is 0.200. The zero-order valence-electron chi connectivity index (χ0n) is 11.5. The SMILES string of the molecule is COc1cccc(N(CCC(=O)O)C(=O)c2cccs2)c1. The molecule has 1 N–H and O–H groups in total. The van der Waals surface area contributed by atoms with Gasteiger partial charge in [-0.05, 0) is 23.6 Å². The van der Waals surface area contributed by atoms with Crippen LogP contribution in [0.3, 0.4) is 0 Å². The number of thiophene rings is 1. The second kappa shape index (κ2) is 6.90. The lowest BCUT2D eigenvalue weighted by Gasteiger charge is -2.22. The molecule has 0 atom stereocenters. The molecule has 1 heterocycles. The van der Waals surface area contributed by atoms with E-state index >= 15 is 0 Å². The van der Waals surface area contributed by atoms with Crippen molar-refractivity contribution in [2.75, 3.05) is 18.6 Å². The van der Waals surface area contributed by atoms with Crippen LogP contribution in [0.2, 0.25) is 0 Å². The topological polar surface area (TPSA) is 66.8 Å². The molecule has 2 aromatic rings. The van der Waals surface area contributed by atoms with Crippen molar-refractivity contribution < 1.29 is 19.4 Å². The summed E-state index contributed by atoms with van der Waals surface area (Å²) >= 11 is 1.33. The Kier molecular flexibility index (Phi) is 4.94. The van der Waals surface area contributed by atoms with Crippen molar-refractivity contribution in [2.45, 2.75) is 6.42 Å². The van der Waals surface area contributed by atoms with Gasteiger partial charge in [-0.1, -0.05) is 12.1 Å². The number of hydrogen-bond acceptors (Lipinski definition) is 4. The van der Waals surface area contributed by atoms with Crippen molar-refractivity contribution in [3.63, 3.8) is 0 Å². The van der Waals surface area contributed by atoms with Crippen molar-refractivity contribution in [3.8, 4) is 5.75 Å². The zero-order valence-corrected chi connectivity index (χ0v) is 12.3. The first kappa shape index (κ1) is 15.1. The molecule has 0 unspecified atom stereocenters. The number of rotatable bonds is 6. The van der Waals surface area contributed by atoms with Gasteiger partial charge in [-0.2, -0.15) is 0 Å². The van der Waals surface area contributed by atoms with Gasteiger partial charge >= 0.3 is 5.97 Å². The lowest BCUT2D eigenvalue weighted by Crippen LogP contribution is -2.32. The molecule has 110 valence electrons. The van der Waals surface area contributed by atoms with E-state index in [-0.39, 0.29) is 18.9 Å². The predicted molar refractivity (Wildman–Crippen MR) is 81.2 cm³/mol. The van der Waals surface area contributed by atoms with Gasteiger partial charge in [0.15, 0.2) is 0 Å². The van der Waals surface area contributed by atoms with E-state index in [9.17, 15) is 9.59 Å². The Balaban J connectivity index is 2.30. The largest absolute Gasteiger partial charge is 0.497 e. The molecule has 0 fully saturated rings. The molecular formula is C15H15NO4S. The Bertz CT molecular complexity index is 624. The molecule has 0 aliphatic carbocycles. The van der Waals surface area contributed by atoms with Gasteiger partial charge < -0.3 is 14.7 Å². The predicted octanol–water partition coefficient (Wildman–Crippen LogP) is 2.88. The van der Waals surface area contributed by atoms with Gasteiger partial charge in [0.05, 0.1) is 18.4 Å². The number of methoxy groups -OCH3 is 1. The number of carbonyl (C=O) groups excluding carboxylic acids is 1. The van der Waals surface area contributed by atoms with Crippen molar-refractivity contribution >= 4 is 28.9 Å². The molecule has 1 aromatic carbocycles. The Morgan fingerprint density at radius 1 is 1.29 bits per heavy atom. The quantitative estimate of drug-likeness (QED) is 0.891. The fourth-order valence-electron chi connectivity index (χ4n) is 1.87. The van der Waals surface area contributed by atoms with Crippen LogP contribution < -0.4 is 9.64 Å². The van der Waals surface area contributed by atoms with Gasteiger partial charge in [0.2, 0.25) is 0 Å².